The van der Waals surface area contributed by atoms with E-state index < -0.39 is 17.6 Å². The summed E-state index contributed by atoms with van der Waals surface area (Å²) in [6.07, 6.45) is 4.92. The minimum atomic E-state index is -1.12. The smallest absolute Gasteiger partial charge is 0.332 e. The summed E-state index contributed by atoms with van der Waals surface area (Å²) in [5.41, 5.74) is 0.762. The van der Waals surface area contributed by atoms with Crippen molar-refractivity contribution in [2.24, 2.45) is 0 Å². The van der Waals surface area contributed by atoms with E-state index >= 15 is 0 Å². The first kappa shape index (κ1) is 25.0. The van der Waals surface area contributed by atoms with Crippen LogP contribution in [0.4, 0.5) is 0 Å². The number of rotatable bonds is 11. The average Bonchev–Trinajstić information content (AvgIpc) is 3.61. The predicted molar refractivity (Wildman–Crippen MR) is 134 cm³/mol. The van der Waals surface area contributed by atoms with Gasteiger partial charge >= 0.3 is 5.97 Å². The van der Waals surface area contributed by atoms with Gasteiger partial charge in [-0.2, -0.15) is 0 Å². The van der Waals surface area contributed by atoms with Crippen LogP contribution in [-0.4, -0.2) is 54.8 Å². The van der Waals surface area contributed by atoms with Crippen LogP contribution >= 0.6 is 0 Å². The van der Waals surface area contributed by atoms with Crippen molar-refractivity contribution in [2.75, 3.05) is 20.3 Å². The standard InChI is InChI=1S/C27H35N3O5/c1-5-12-27(6-2,26(32)34-7-3)30-25(31)23-14-19(16-28-23)35-24-15-21(17-8-9-17)29-22-13-18(33-4)10-11-20(22)24/h5,10-11,13,15,17,19,23,28H,1,6-9,12,14,16H2,2-4H3,(H,30,31)/t19-,23+,27-/m1/s1. The van der Waals surface area contributed by atoms with Crippen molar-refractivity contribution in [3.63, 3.8) is 0 Å². The molecule has 1 aromatic carbocycles. The maximum Gasteiger partial charge on any atom is 0.332 e. The van der Waals surface area contributed by atoms with E-state index in [0.717, 1.165) is 40.9 Å². The molecule has 1 saturated heterocycles. The van der Waals surface area contributed by atoms with E-state index in [-0.39, 0.29) is 18.6 Å². The molecule has 3 atom stereocenters. The topological polar surface area (TPSA) is 98.8 Å². The van der Waals surface area contributed by atoms with E-state index in [9.17, 15) is 9.59 Å². The van der Waals surface area contributed by atoms with Gasteiger partial charge < -0.3 is 24.8 Å². The summed E-state index contributed by atoms with van der Waals surface area (Å²) in [6.45, 7) is 8.13. The summed E-state index contributed by atoms with van der Waals surface area (Å²) >= 11 is 0. The maximum atomic E-state index is 13.1. The van der Waals surface area contributed by atoms with Crippen molar-refractivity contribution in [3.05, 3.63) is 42.6 Å². The monoisotopic (exact) mass is 481 g/mol. The third kappa shape index (κ3) is 5.42. The van der Waals surface area contributed by atoms with Gasteiger partial charge in [0.25, 0.3) is 0 Å². The third-order valence-electron chi connectivity index (χ3n) is 6.82. The van der Waals surface area contributed by atoms with Gasteiger partial charge in [-0.15, -0.1) is 6.58 Å². The molecule has 0 bridgehead atoms. The SMILES string of the molecule is C=CC[C@@](CC)(NC(=O)[C@@H]1C[C@@H](Oc2cc(C3CC3)nc3cc(OC)ccc23)CN1)C(=O)OCC. The molecule has 0 radical (unpaired) electrons. The number of carbonyl (C=O) groups is 2. The van der Waals surface area contributed by atoms with Crippen LogP contribution in [0.15, 0.2) is 36.9 Å². The number of aromatic nitrogens is 1. The average molecular weight is 482 g/mol. The number of hydrogen-bond donors (Lipinski definition) is 2. The van der Waals surface area contributed by atoms with Gasteiger partial charge in [0, 0.05) is 42.1 Å². The second-order valence-corrected chi connectivity index (χ2v) is 9.28. The Balaban J connectivity index is 1.48. The molecular formula is C27H35N3O5. The molecule has 2 fully saturated rings. The molecule has 0 spiro atoms. The molecule has 8 nitrogen and oxygen atoms in total. The fourth-order valence-corrected chi connectivity index (χ4v) is 4.58. The second-order valence-electron chi connectivity index (χ2n) is 9.28. The van der Waals surface area contributed by atoms with Gasteiger partial charge in [0.1, 0.15) is 23.1 Å². The first-order chi connectivity index (χ1) is 16.9. The van der Waals surface area contributed by atoms with E-state index in [1.54, 1.807) is 20.1 Å². The lowest BCUT2D eigenvalue weighted by molar-refractivity contribution is -0.153. The van der Waals surface area contributed by atoms with Gasteiger partial charge in [0.2, 0.25) is 5.91 Å². The third-order valence-corrected chi connectivity index (χ3v) is 6.82. The highest BCUT2D eigenvalue weighted by Gasteiger charge is 2.41. The van der Waals surface area contributed by atoms with Crippen LogP contribution in [0.3, 0.4) is 0 Å². The first-order valence-electron chi connectivity index (χ1n) is 12.4. The summed E-state index contributed by atoms with van der Waals surface area (Å²) in [4.78, 5) is 30.6. The zero-order valence-corrected chi connectivity index (χ0v) is 20.8. The van der Waals surface area contributed by atoms with Crippen LogP contribution in [-0.2, 0) is 14.3 Å². The highest BCUT2D eigenvalue weighted by atomic mass is 16.5. The fourth-order valence-electron chi connectivity index (χ4n) is 4.58. The molecule has 35 heavy (non-hydrogen) atoms. The quantitative estimate of drug-likeness (QED) is 0.373. The number of nitrogens with zero attached hydrogens (tertiary/aromatic N) is 1. The molecule has 1 aliphatic heterocycles. The molecular weight excluding hydrogens is 446 g/mol. The Hall–Kier alpha value is -3.13. The van der Waals surface area contributed by atoms with Crippen molar-refractivity contribution in [1.29, 1.82) is 0 Å². The number of methoxy groups -OCH3 is 1. The Morgan fingerprint density at radius 1 is 1.29 bits per heavy atom. The first-order valence-corrected chi connectivity index (χ1v) is 12.4. The Morgan fingerprint density at radius 3 is 2.74 bits per heavy atom. The molecule has 188 valence electrons. The highest BCUT2D eigenvalue weighted by Crippen LogP contribution is 2.42. The van der Waals surface area contributed by atoms with Gasteiger partial charge in [0.05, 0.1) is 25.3 Å². The molecule has 8 heteroatoms. The van der Waals surface area contributed by atoms with Gasteiger partial charge in [0.15, 0.2) is 0 Å². The molecule has 2 aliphatic rings. The number of hydrogen-bond acceptors (Lipinski definition) is 7. The normalized spacial score (nSPS) is 21.2. The van der Waals surface area contributed by atoms with Crippen LogP contribution < -0.4 is 20.1 Å². The lowest BCUT2D eigenvalue weighted by Crippen LogP contribution is -2.58. The van der Waals surface area contributed by atoms with Crippen molar-refractivity contribution in [2.45, 2.75) is 69.6 Å². The highest BCUT2D eigenvalue weighted by molar-refractivity contribution is 5.91. The Bertz CT molecular complexity index is 1100. The summed E-state index contributed by atoms with van der Waals surface area (Å²) < 4.78 is 17.0. The Morgan fingerprint density at radius 2 is 2.09 bits per heavy atom. The molecule has 2 aromatic rings. The van der Waals surface area contributed by atoms with E-state index in [1.807, 2.05) is 31.2 Å². The molecule has 4 rings (SSSR count). The number of nitrogens with one attached hydrogen (secondary N) is 2. The van der Waals surface area contributed by atoms with Crippen molar-refractivity contribution >= 4 is 22.8 Å². The largest absolute Gasteiger partial charge is 0.497 e. The second kappa shape index (κ2) is 10.6. The van der Waals surface area contributed by atoms with Crippen LogP contribution in [0.1, 0.15) is 57.6 Å². The van der Waals surface area contributed by atoms with Crippen LogP contribution in [0, 0.1) is 0 Å². The number of amides is 1. The molecule has 1 saturated carbocycles. The van der Waals surface area contributed by atoms with Crippen LogP contribution in [0.5, 0.6) is 11.5 Å². The number of pyridine rings is 1. The van der Waals surface area contributed by atoms with Crippen LogP contribution in [0.2, 0.25) is 0 Å². The van der Waals surface area contributed by atoms with E-state index in [4.69, 9.17) is 19.2 Å². The Labute approximate surface area is 206 Å². The number of ether oxygens (including phenoxy) is 3. The van der Waals surface area contributed by atoms with E-state index in [0.29, 0.717) is 31.7 Å². The Kier molecular flexibility index (Phi) is 7.60. The predicted octanol–water partition coefficient (Wildman–Crippen LogP) is 3.63. The molecule has 2 heterocycles. The maximum absolute atomic E-state index is 13.1. The lowest BCUT2D eigenvalue weighted by Gasteiger charge is -2.31. The van der Waals surface area contributed by atoms with Gasteiger partial charge in [-0.3, -0.25) is 9.78 Å². The molecule has 1 aromatic heterocycles. The summed E-state index contributed by atoms with van der Waals surface area (Å²) in [6, 6.07) is 7.35. The molecule has 0 unspecified atom stereocenters. The van der Waals surface area contributed by atoms with Crippen molar-refractivity contribution in [1.82, 2.24) is 15.6 Å². The summed E-state index contributed by atoms with van der Waals surface area (Å²) in [7, 11) is 1.64. The minimum Gasteiger partial charge on any atom is -0.497 e. The lowest BCUT2D eigenvalue weighted by atomic mass is 9.91. The molecule has 1 amide bonds. The number of esters is 1. The molecule has 1 aliphatic carbocycles. The van der Waals surface area contributed by atoms with Gasteiger partial charge in [-0.25, -0.2) is 4.79 Å². The van der Waals surface area contributed by atoms with Crippen molar-refractivity contribution < 1.29 is 23.8 Å². The van der Waals surface area contributed by atoms with Gasteiger partial charge in [-0.1, -0.05) is 13.0 Å². The summed E-state index contributed by atoms with van der Waals surface area (Å²) in [5.74, 6) is 1.32. The number of fused-ring (bicyclic) bond motifs is 1. The molecule has 2 N–H and O–H groups in total. The van der Waals surface area contributed by atoms with E-state index in [1.165, 1.54) is 0 Å². The van der Waals surface area contributed by atoms with Crippen LogP contribution in [0.25, 0.3) is 10.9 Å². The zero-order valence-electron chi connectivity index (χ0n) is 20.8. The zero-order chi connectivity index (χ0) is 25.0. The van der Waals surface area contributed by atoms with E-state index in [2.05, 4.69) is 17.2 Å². The summed E-state index contributed by atoms with van der Waals surface area (Å²) in [5, 5.41) is 7.11. The number of carbonyl (C=O) groups excluding carboxylic acids is 2. The van der Waals surface area contributed by atoms with Crippen molar-refractivity contribution in [3.8, 4) is 11.5 Å². The minimum absolute atomic E-state index is 0.191. The fraction of sp³-hybridized carbons (Fsp3) is 0.519. The number of benzene rings is 1. The van der Waals surface area contributed by atoms with Gasteiger partial charge in [-0.05, 0) is 44.7 Å².